The summed E-state index contributed by atoms with van der Waals surface area (Å²) >= 11 is 0. The predicted octanol–water partition coefficient (Wildman–Crippen LogP) is 2.92. The first-order valence-electron chi connectivity index (χ1n) is 9.75. The molecule has 0 rings (SSSR count). The molecule has 0 radical (unpaired) electrons. The Balaban J connectivity index is 4.19. The van der Waals surface area contributed by atoms with Gasteiger partial charge < -0.3 is 23.1 Å². The van der Waals surface area contributed by atoms with Crippen LogP contribution in [0.15, 0.2) is 0 Å². The lowest BCUT2D eigenvalue weighted by atomic mass is 10.2. The summed E-state index contributed by atoms with van der Waals surface area (Å²) in [4.78, 5) is 2.27. The first-order chi connectivity index (χ1) is 11.8. The first-order valence-corrected chi connectivity index (χ1v) is 11.7. The lowest BCUT2D eigenvalue weighted by Crippen LogP contribution is -2.46. The van der Waals surface area contributed by atoms with Gasteiger partial charge in [-0.1, -0.05) is 0 Å². The van der Waals surface area contributed by atoms with Crippen LogP contribution in [-0.2, 0) is 18.0 Å². The summed E-state index contributed by atoms with van der Waals surface area (Å²) in [6.45, 7) is 17.8. The number of aliphatic hydroxyl groups is 1. The molecular formula is C18H41NO5Si. The van der Waals surface area contributed by atoms with E-state index >= 15 is 0 Å². The van der Waals surface area contributed by atoms with E-state index < -0.39 is 14.9 Å². The average Bonchev–Trinajstić information content (AvgIpc) is 2.52. The molecule has 0 spiro atoms. The van der Waals surface area contributed by atoms with Gasteiger partial charge >= 0.3 is 8.80 Å². The van der Waals surface area contributed by atoms with Gasteiger partial charge in [-0.15, -0.1) is 0 Å². The highest BCUT2D eigenvalue weighted by atomic mass is 28.4. The number of nitrogens with zero attached hydrogens (tertiary/aromatic N) is 1. The third-order valence-corrected chi connectivity index (χ3v) is 7.07. The van der Waals surface area contributed by atoms with E-state index in [1.807, 2.05) is 20.8 Å². The first kappa shape index (κ1) is 25.0. The van der Waals surface area contributed by atoms with E-state index in [0.29, 0.717) is 51.7 Å². The number of rotatable bonds is 16. The van der Waals surface area contributed by atoms with Gasteiger partial charge in [-0.25, -0.2) is 0 Å². The highest BCUT2D eigenvalue weighted by Crippen LogP contribution is 2.18. The molecule has 0 saturated heterocycles. The SMILES string of the molecule is CCO[Si](CCCOCC(O)CN(C(C)C)C(C)C)(OCC)OCC. The van der Waals surface area contributed by atoms with Crippen LogP contribution in [0.5, 0.6) is 0 Å². The van der Waals surface area contributed by atoms with Crippen LogP contribution >= 0.6 is 0 Å². The van der Waals surface area contributed by atoms with Crippen LogP contribution in [-0.4, -0.2) is 76.6 Å². The van der Waals surface area contributed by atoms with E-state index in [9.17, 15) is 5.11 Å². The molecule has 0 saturated carbocycles. The quantitative estimate of drug-likeness (QED) is 0.329. The van der Waals surface area contributed by atoms with E-state index in [4.69, 9.17) is 18.0 Å². The Labute approximate surface area is 156 Å². The fourth-order valence-corrected chi connectivity index (χ4v) is 5.51. The minimum atomic E-state index is -2.58. The van der Waals surface area contributed by atoms with Crippen LogP contribution in [0.1, 0.15) is 54.9 Å². The van der Waals surface area contributed by atoms with Gasteiger partial charge in [-0.2, -0.15) is 0 Å². The van der Waals surface area contributed by atoms with Crippen molar-refractivity contribution >= 4 is 8.80 Å². The van der Waals surface area contributed by atoms with Crippen LogP contribution in [0.2, 0.25) is 6.04 Å². The summed E-state index contributed by atoms with van der Waals surface area (Å²) in [7, 11) is -2.58. The lowest BCUT2D eigenvalue weighted by molar-refractivity contribution is 0.00275. The minimum absolute atomic E-state index is 0.350. The molecule has 1 N–H and O–H groups in total. The maximum Gasteiger partial charge on any atom is 0.501 e. The van der Waals surface area contributed by atoms with E-state index in [1.165, 1.54) is 0 Å². The van der Waals surface area contributed by atoms with Gasteiger partial charge in [-0.05, 0) is 54.9 Å². The fraction of sp³-hybridized carbons (Fsp3) is 1.00. The smallest absolute Gasteiger partial charge is 0.389 e. The van der Waals surface area contributed by atoms with E-state index in [1.54, 1.807) is 0 Å². The molecular weight excluding hydrogens is 338 g/mol. The normalized spacial score (nSPS) is 14.0. The van der Waals surface area contributed by atoms with Crippen LogP contribution in [0.25, 0.3) is 0 Å². The molecule has 0 aliphatic carbocycles. The van der Waals surface area contributed by atoms with E-state index in [0.717, 1.165) is 12.5 Å². The second kappa shape index (κ2) is 14.1. The molecule has 0 aromatic carbocycles. The van der Waals surface area contributed by atoms with Gasteiger partial charge in [-0.3, -0.25) is 4.90 Å². The Kier molecular flexibility index (Phi) is 14.1. The molecule has 7 heteroatoms. The molecule has 0 aliphatic rings. The summed E-state index contributed by atoms with van der Waals surface area (Å²) in [5.74, 6) is 0. The van der Waals surface area contributed by atoms with Gasteiger partial charge in [0.2, 0.25) is 0 Å². The molecule has 152 valence electrons. The molecule has 25 heavy (non-hydrogen) atoms. The van der Waals surface area contributed by atoms with Gasteiger partial charge in [0.1, 0.15) is 0 Å². The molecule has 1 atom stereocenters. The third kappa shape index (κ3) is 10.6. The summed E-state index contributed by atoms with van der Waals surface area (Å²) in [5, 5.41) is 10.2. The Morgan fingerprint density at radius 2 is 1.36 bits per heavy atom. The second-order valence-electron chi connectivity index (χ2n) is 6.70. The van der Waals surface area contributed by atoms with Crippen LogP contribution in [0.3, 0.4) is 0 Å². The molecule has 0 aromatic rings. The molecule has 0 bridgehead atoms. The largest absolute Gasteiger partial charge is 0.501 e. The van der Waals surface area contributed by atoms with Crippen molar-refractivity contribution in [3.8, 4) is 0 Å². The zero-order chi connectivity index (χ0) is 19.3. The highest BCUT2D eigenvalue weighted by Gasteiger charge is 2.39. The number of hydrogen-bond donors (Lipinski definition) is 1. The summed E-state index contributed by atoms with van der Waals surface area (Å²) in [6.07, 6.45) is 0.328. The monoisotopic (exact) mass is 379 g/mol. The minimum Gasteiger partial charge on any atom is -0.389 e. The molecule has 0 aromatic heterocycles. The van der Waals surface area contributed by atoms with Gasteiger partial charge in [0.25, 0.3) is 0 Å². The summed E-state index contributed by atoms with van der Waals surface area (Å²) in [5.41, 5.74) is 0. The molecule has 1 unspecified atom stereocenters. The summed E-state index contributed by atoms with van der Waals surface area (Å²) in [6, 6.07) is 1.55. The topological polar surface area (TPSA) is 60.4 Å². The summed E-state index contributed by atoms with van der Waals surface area (Å²) < 4.78 is 23.1. The van der Waals surface area contributed by atoms with Gasteiger partial charge in [0, 0.05) is 51.1 Å². The van der Waals surface area contributed by atoms with Crippen LogP contribution in [0.4, 0.5) is 0 Å². The Morgan fingerprint density at radius 1 is 0.880 bits per heavy atom. The highest BCUT2D eigenvalue weighted by molar-refractivity contribution is 6.60. The van der Waals surface area contributed by atoms with Crippen molar-refractivity contribution in [3.05, 3.63) is 0 Å². The molecule has 0 fully saturated rings. The van der Waals surface area contributed by atoms with Crippen LogP contribution in [0, 0.1) is 0 Å². The fourth-order valence-electron chi connectivity index (χ4n) is 2.93. The molecule has 0 aliphatic heterocycles. The number of aliphatic hydroxyl groups excluding tert-OH is 1. The van der Waals surface area contributed by atoms with E-state index in [2.05, 4.69) is 32.6 Å². The average molecular weight is 380 g/mol. The molecule has 0 heterocycles. The van der Waals surface area contributed by atoms with Gasteiger partial charge in [0.15, 0.2) is 0 Å². The number of hydrogen-bond acceptors (Lipinski definition) is 6. The van der Waals surface area contributed by atoms with Crippen molar-refractivity contribution in [2.75, 3.05) is 39.6 Å². The van der Waals surface area contributed by atoms with Crippen molar-refractivity contribution in [3.63, 3.8) is 0 Å². The molecule has 0 amide bonds. The standard InChI is InChI=1S/C18H41NO5Si/c1-8-22-25(23-9-2,24-10-3)13-11-12-21-15-18(20)14-19(16(4)5)17(6)7/h16-18,20H,8-15H2,1-7H3. The number of ether oxygens (including phenoxy) is 1. The van der Waals surface area contributed by atoms with E-state index in [-0.39, 0.29) is 0 Å². The lowest BCUT2D eigenvalue weighted by Gasteiger charge is -2.32. The van der Waals surface area contributed by atoms with Crippen molar-refractivity contribution in [1.82, 2.24) is 4.90 Å². The van der Waals surface area contributed by atoms with Crippen molar-refractivity contribution in [1.29, 1.82) is 0 Å². The van der Waals surface area contributed by atoms with Crippen LogP contribution < -0.4 is 0 Å². The van der Waals surface area contributed by atoms with Crippen molar-refractivity contribution < 1.29 is 23.1 Å². The van der Waals surface area contributed by atoms with Gasteiger partial charge in [0.05, 0.1) is 12.7 Å². The maximum atomic E-state index is 10.2. The maximum absolute atomic E-state index is 10.2. The Bertz CT molecular complexity index is 293. The zero-order valence-corrected chi connectivity index (χ0v) is 18.4. The predicted molar refractivity (Wildman–Crippen MR) is 104 cm³/mol. The second-order valence-corrected chi connectivity index (χ2v) is 9.43. The molecule has 6 nitrogen and oxygen atoms in total. The Hall–Kier alpha value is -0.0231. The van der Waals surface area contributed by atoms with Crippen molar-refractivity contribution in [2.24, 2.45) is 0 Å². The third-order valence-electron chi connectivity index (χ3n) is 3.92. The van der Waals surface area contributed by atoms with Crippen molar-refractivity contribution in [2.45, 2.75) is 79.1 Å². The Morgan fingerprint density at radius 3 is 1.76 bits per heavy atom. The zero-order valence-electron chi connectivity index (χ0n) is 17.4.